The zero-order valence-corrected chi connectivity index (χ0v) is 20.4. The Morgan fingerprint density at radius 1 is 0.800 bits per heavy atom. The smallest absolute Gasteiger partial charge is 0.320 e. The van der Waals surface area contributed by atoms with Crippen molar-refractivity contribution < 1.29 is 44.8 Å². The van der Waals surface area contributed by atoms with Crippen LogP contribution in [-0.2, 0) is 17.2 Å². The summed E-state index contributed by atoms with van der Waals surface area (Å²) < 4.78 is 105. The Balaban J connectivity index is 1.42. The number of carbonyl (C=O) groups is 1. The van der Waals surface area contributed by atoms with Crippen molar-refractivity contribution in [1.82, 2.24) is 10.4 Å². The summed E-state index contributed by atoms with van der Waals surface area (Å²) in [5.74, 6) is -0.912. The Morgan fingerprint density at radius 2 is 1.30 bits per heavy atom. The van der Waals surface area contributed by atoms with Gasteiger partial charge in [0, 0.05) is 30.9 Å². The van der Waals surface area contributed by atoms with Crippen LogP contribution < -0.4 is 10.8 Å². The van der Waals surface area contributed by atoms with Crippen LogP contribution in [0.15, 0.2) is 78.5 Å². The van der Waals surface area contributed by atoms with E-state index >= 15 is 0 Å². The fourth-order valence-electron chi connectivity index (χ4n) is 3.91. The van der Waals surface area contributed by atoms with Gasteiger partial charge in [-0.05, 0) is 59.7 Å². The summed E-state index contributed by atoms with van der Waals surface area (Å²) in [5.41, 5.74) is 0.705. The van der Waals surface area contributed by atoms with E-state index in [1.807, 2.05) is 0 Å². The van der Waals surface area contributed by atoms with Gasteiger partial charge in [0.05, 0.1) is 11.1 Å². The van der Waals surface area contributed by atoms with E-state index in [1.54, 1.807) is 6.08 Å². The minimum atomic E-state index is -5.05. The van der Waals surface area contributed by atoms with Crippen LogP contribution >= 0.6 is 0 Å². The van der Waals surface area contributed by atoms with E-state index in [0.29, 0.717) is 29.0 Å². The predicted molar refractivity (Wildman–Crippen MR) is 129 cm³/mol. The number of nitrogens with zero attached hydrogens (tertiary/aromatic N) is 1. The van der Waals surface area contributed by atoms with Crippen LogP contribution in [0.3, 0.4) is 0 Å². The second-order valence-electron chi connectivity index (χ2n) is 8.85. The number of alkyl halides is 6. The molecule has 0 fully saturated rings. The first-order valence-electron chi connectivity index (χ1n) is 11.8. The second-order valence-corrected chi connectivity index (χ2v) is 8.85. The first-order valence-corrected chi connectivity index (χ1v) is 11.8. The summed E-state index contributed by atoms with van der Waals surface area (Å²) in [6.45, 7) is 0.0389. The van der Waals surface area contributed by atoms with Crippen molar-refractivity contribution in [3.8, 4) is 0 Å². The van der Waals surface area contributed by atoms with E-state index in [1.165, 1.54) is 53.4 Å². The Hall–Kier alpha value is -4.13. The van der Waals surface area contributed by atoms with E-state index in [2.05, 4.69) is 10.8 Å². The fourth-order valence-corrected chi connectivity index (χ4v) is 3.91. The Morgan fingerprint density at radius 3 is 1.73 bits per heavy atom. The summed E-state index contributed by atoms with van der Waals surface area (Å²) in [4.78, 5) is 19.6. The number of hydroxylamine groups is 1. The lowest BCUT2D eigenvalue weighted by Crippen LogP contribution is -2.39. The first-order chi connectivity index (χ1) is 18.8. The number of halogens is 8. The second kappa shape index (κ2) is 11.5. The molecule has 0 spiro atoms. The molecule has 2 amide bonds. The average Bonchev–Trinajstić information content (AvgIpc) is 2.90. The van der Waals surface area contributed by atoms with Gasteiger partial charge in [-0.15, -0.1) is 0 Å². The third-order valence-electron chi connectivity index (χ3n) is 5.99. The van der Waals surface area contributed by atoms with Crippen molar-refractivity contribution in [3.05, 3.63) is 112 Å². The molecule has 0 saturated heterocycles. The summed E-state index contributed by atoms with van der Waals surface area (Å²) in [6.07, 6.45) is -9.08. The van der Waals surface area contributed by atoms with E-state index in [0.717, 1.165) is 0 Å². The highest BCUT2D eigenvalue weighted by Crippen LogP contribution is 2.37. The molecule has 40 heavy (non-hydrogen) atoms. The van der Waals surface area contributed by atoms with Gasteiger partial charge in [0.15, 0.2) is 0 Å². The number of hydrogen-bond acceptors (Lipinski definition) is 3. The maximum absolute atomic E-state index is 13.4. The molecule has 0 aromatic heterocycles. The van der Waals surface area contributed by atoms with Gasteiger partial charge in [0.1, 0.15) is 17.7 Å². The summed E-state index contributed by atoms with van der Waals surface area (Å²) in [7, 11) is 0. The topological polar surface area (TPSA) is 53.6 Å². The van der Waals surface area contributed by atoms with Crippen LogP contribution in [0.1, 0.15) is 34.8 Å². The van der Waals surface area contributed by atoms with Gasteiger partial charge in [-0.2, -0.15) is 26.3 Å². The van der Waals surface area contributed by atoms with Crippen molar-refractivity contribution in [2.24, 2.45) is 0 Å². The van der Waals surface area contributed by atoms with Gasteiger partial charge >= 0.3 is 18.4 Å². The monoisotopic (exact) mass is 571 g/mol. The lowest BCUT2D eigenvalue weighted by Gasteiger charge is -2.28. The molecule has 2 N–H and O–H groups in total. The van der Waals surface area contributed by atoms with Crippen molar-refractivity contribution in [2.45, 2.75) is 24.9 Å². The quantitative estimate of drug-likeness (QED) is 0.239. The molecule has 0 bridgehead atoms. The molecule has 3 aromatic rings. The van der Waals surface area contributed by atoms with Crippen LogP contribution in [0.5, 0.6) is 0 Å². The summed E-state index contributed by atoms with van der Waals surface area (Å²) in [6, 6.07) is 10.9. The molecular weight excluding hydrogens is 550 g/mol. The molecule has 13 heteroatoms. The minimum absolute atomic E-state index is 0.0254. The third-order valence-corrected chi connectivity index (χ3v) is 5.99. The molecule has 0 radical (unpaired) electrons. The zero-order chi connectivity index (χ0) is 29.1. The van der Waals surface area contributed by atoms with E-state index < -0.39 is 52.9 Å². The normalized spacial score (nSPS) is 14.2. The number of nitrogens with one attached hydrogen (secondary N) is 2. The number of rotatable bonds is 6. The van der Waals surface area contributed by atoms with E-state index in [9.17, 15) is 39.9 Å². The number of urea groups is 1. The zero-order valence-electron chi connectivity index (χ0n) is 20.4. The van der Waals surface area contributed by atoms with Crippen LogP contribution in [0.25, 0.3) is 0 Å². The third kappa shape index (κ3) is 7.29. The molecule has 1 aliphatic rings. The van der Waals surface area contributed by atoms with Crippen LogP contribution in [0.2, 0.25) is 0 Å². The molecule has 5 nitrogen and oxygen atoms in total. The highest BCUT2D eigenvalue weighted by Gasteiger charge is 2.37. The van der Waals surface area contributed by atoms with Crippen LogP contribution in [0.4, 0.5) is 45.6 Å². The molecule has 0 unspecified atom stereocenters. The number of carbonyl (C=O) groups excluding carboxylic acids is 1. The molecule has 1 heterocycles. The molecule has 212 valence electrons. The van der Waals surface area contributed by atoms with Crippen molar-refractivity contribution in [1.29, 1.82) is 0 Å². The highest BCUT2D eigenvalue weighted by molar-refractivity contribution is 5.89. The molecule has 0 atom stereocenters. The van der Waals surface area contributed by atoms with Gasteiger partial charge in [-0.3, -0.25) is 10.3 Å². The Labute approximate surface area is 223 Å². The summed E-state index contributed by atoms with van der Waals surface area (Å²) in [5, 5.41) is 2.10. The number of anilines is 1. The predicted octanol–water partition coefficient (Wildman–Crippen LogP) is 7.43. The van der Waals surface area contributed by atoms with Gasteiger partial charge in [-0.1, -0.05) is 24.3 Å². The molecule has 0 aliphatic carbocycles. The minimum Gasteiger partial charge on any atom is -0.320 e. The van der Waals surface area contributed by atoms with E-state index in [-0.39, 0.29) is 25.6 Å². The molecule has 1 aliphatic heterocycles. The maximum Gasteiger partial charge on any atom is 0.416 e. The standard InChI is InChI=1S/C27H21F8N3O2/c28-20-5-1-16(2-6-20)24(17-3-7-21(29)8-4-17)40-37-22-9-11-38(12-10-22)25(39)36-23-14-18(26(30,31)32)13-19(15-23)27(33,34)35/h1-9,13-15,24,37H,10-12H2,(H,36,39). The van der Waals surface area contributed by atoms with Crippen molar-refractivity contribution in [2.75, 3.05) is 18.4 Å². The fraction of sp³-hybridized carbons (Fsp3) is 0.222. The lowest BCUT2D eigenvalue weighted by molar-refractivity contribution is -0.143. The SMILES string of the molecule is O=C(Nc1cc(C(F)(F)F)cc(C(F)(F)F)c1)N1CC=C(NOC(c2ccc(F)cc2)c2ccc(F)cc2)CC1. The van der Waals surface area contributed by atoms with Crippen LogP contribution in [0, 0.1) is 11.6 Å². The number of amides is 2. The molecular formula is C27H21F8N3O2. The molecule has 3 aromatic carbocycles. The summed E-state index contributed by atoms with van der Waals surface area (Å²) >= 11 is 0. The van der Waals surface area contributed by atoms with E-state index in [4.69, 9.17) is 4.84 Å². The largest absolute Gasteiger partial charge is 0.416 e. The Kier molecular flexibility index (Phi) is 8.33. The van der Waals surface area contributed by atoms with Gasteiger partial charge in [0.2, 0.25) is 0 Å². The van der Waals surface area contributed by atoms with Crippen molar-refractivity contribution >= 4 is 11.7 Å². The first kappa shape index (κ1) is 28.9. The number of hydrogen-bond donors (Lipinski definition) is 2. The highest BCUT2D eigenvalue weighted by atomic mass is 19.4. The maximum atomic E-state index is 13.4. The van der Waals surface area contributed by atoms with Gasteiger partial charge in [-0.25, -0.2) is 13.6 Å². The van der Waals surface area contributed by atoms with Crippen molar-refractivity contribution in [3.63, 3.8) is 0 Å². The molecule has 4 rings (SSSR count). The van der Waals surface area contributed by atoms with Gasteiger partial charge < -0.3 is 10.2 Å². The van der Waals surface area contributed by atoms with Crippen LogP contribution in [-0.4, -0.2) is 24.0 Å². The Bertz CT molecular complexity index is 1290. The lowest BCUT2D eigenvalue weighted by atomic mass is 10.0. The molecule has 0 saturated carbocycles. The average molecular weight is 571 g/mol. The van der Waals surface area contributed by atoms with Gasteiger partial charge in [0.25, 0.3) is 0 Å². The number of benzene rings is 3.